The van der Waals surface area contributed by atoms with Crippen molar-refractivity contribution in [2.45, 2.75) is 6.92 Å². The molecule has 0 aliphatic carbocycles. The Labute approximate surface area is 123 Å². The fourth-order valence-corrected chi connectivity index (χ4v) is 1.86. The summed E-state index contributed by atoms with van der Waals surface area (Å²) in [5.74, 6) is 0.236. The van der Waals surface area contributed by atoms with Gasteiger partial charge in [0.2, 0.25) is 0 Å². The summed E-state index contributed by atoms with van der Waals surface area (Å²) in [4.78, 5) is 7.83. The maximum absolute atomic E-state index is 13.7. The van der Waals surface area contributed by atoms with Crippen LogP contribution in [0, 0.1) is 5.82 Å². The van der Waals surface area contributed by atoms with Crippen LogP contribution in [0.1, 0.15) is 6.92 Å². The Morgan fingerprint density at radius 3 is 2.89 bits per heavy atom. The van der Waals surface area contributed by atoms with Gasteiger partial charge in [0.05, 0.1) is 11.1 Å². The first-order chi connectivity index (χ1) is 9.11. The van der Waals surface area contributed by atoms with E-state index in [9.17, 15) is 4.39 Å². The minimum Gasteiger partial charge on any atom is -0.491 e. The van der Waals surface area contributed by atoms with E-state index in [1.54, 1.807) is 19.1 Å². The van der Waals surface area contributed by atoms with Gasteiger partial charge in [0.25, 0.3) is 0 Å². The zero-order chi connectivity index (χ0) is 13.8. The number of aromatic nitrogens is 2. The molecule has 0 atom stereocenters. The van der Waals surface area contributed by atoms with Gasteiger partial charge in [0.1, 0.15) is 17.3 Å². The second kappa shape index (κ2) is 6.16. The summed E-state index contributed by atoms with van der Waals surface area (Å²) in [6, 6.07) is 4.57. The number of ether oxygens (including phenoxy) is 1. The van der Waals surface area contributed by atoms with E-state index in [4.69, 9.17) is 16.3 Å². The van der Waals surface area contributed by atoms with Crippen LogP contribution >= 0.6 is 27.5 Å². The molecule has 0 unspecified atom stereocenters. The second-order valence-corrected chi connectivity index (χ2v) is 4.68. The van der Waals surface area contributed by atoms with E-state index in [0.29, 0.717) is 22.6 Å². The van der Waals surface area contributed by atoms with E-state index >= 15 is 0 Å². The summed E-state index contributed by atoms with van der Waals surface area (Å²) in [6.45, 7) is 2.21. The van der Waals surface area contributed by atoms with Crippen LogP contribution in [0.25, 0.3) is 0 Å². The third kappa shape index (κ3) is 3.33. The molecule has 2 rings (SSSR count). The zero-order valence-corrected chi connectivity index (χ0v) is 12.3. The summed E-state index contributed by atoms with van der Waals surface area (Å²) >= 11 is 9.10. The average molecular weight is 347 g/mol. The predicted molar refractivity (Wildman–Crippen MR) is 75.6 cm³/mol. The van der Waals surface area contributed by atoms with Gasteiger partial charge in [0.15, 0.2) is 11.6 Å². The molecule has 1 heterocycles. The quantitative estimate of drug-likeness (QED) is 0.844. The number of hydrogen-bond acceptors (Lipinski definition) is 4. The molecule has 0 radical (unpaired) electrons. The summed E-state index contributed by atoms with van der Waals surface area (Å²) in [5, 5.41) is 3.23. The van der Waals surface area contributed by atoms with Gasteiger partial charge in [-0.3, -0.25) is 0 Å². The van der Waals surface area contributed by atoms with Crippen molar-refractivity contribution in [1.82, 2.24) is 9.97 Å². The van der Waals surface area contributed by atoms with Crippen molar-refractivity contribution in [3.8, 4) is 5.75 Å². The van der Waals surface area contributed by atoms with Crippen molar-refractivity contribution in [3.63, 3.8) is 0 Å². The Morgan fingerprint density at radius 1 is 1.42 bits per heavy atom. The van der Waals surface area contributed by atoms with E-state index in [-0.39, 0.29) is 10.9 Å². The first-order valence-electron chi connectivity index (χ1n) is 5.47. The third-order valence-corrected chi connectivity index (χ3v) is 3.51. The van der Waals surface area contributed by atoms with Crippen LogP contribution in [-0.4, -0.2) is 16.6 Å². The molecular formula is C12H10BrClFN3O. The summed E-state index contributed by atoms with van der Waals surface area (Å²) in [7, 11) is 0. The highest BCUT2D eigenvalue weighted by molar-refractivity contribution is 9.10. The third-order valence-electron chi connectivity index (χ3n) is 2.24. The van der Waals surface area contributed by atoms with Gasteiger partial charge in [-0.1, -0.05) is 11.6 Å². The lowest BCUT2D eigenvalue weighted by Gasteiger charge is -2.10. The summed E-state index contributed by atoms with van der Waals surface area (Å²) in [5.41, 5.74) is 0.538. The van der Waals surface area contributed by atoms with Gasteiger partial charge in [0, 0.05) is 11.8 Å². The van der Waals surface area contributed by atoms with Crippen molar-refractivity contribution in [3.05, 3.63) is 40.0 Å². The van der Waals surface area contributed by atoms with Gasteiger partial charge in [-0.15, -0.1) is 0 Å². The molecule has 1 aromatic carbocycles. The molecule has 0 saturated carbocycles. The molecule has 0 amide bonds. The molecule has 100 valence electrons. The van der Waals surface area contributed by atoms with Gasteiger partial charge >= 0.3 is 0 Å². The van der Waals surface area contributed by atoms with Crippen molar-refractivity contribution >= 4 is 39.0 Å². The Balaban J connectivity index is 2.24. The Kier molecular flexibility index (Phi) is 4.55. The van der Waals surface area contributed by atoms with Gasteiger partial charge in [-0.25, -0.2) is 14.4 Å². The Morgan fingerprint density at radius 2 is 2.21 bits per heavy atom. The molecule has 0 bridgehead atoms. The topological polar surface area (TPSA) is 47.0 Å². The van der Waals surface area contributed by atoms with Gasteiger partial charge < -0.3 is 10.1 Å². The number of nitrogens with one attached hydrogen (secondary N) is 1. The van der Waals surface area contributed by atoms with Crippen molar-refractivity contribution < 1.29 is 9.13 Å². The first kappa shape index (κ1) is 14.0. The van der Waals surface area contributed by atoms with Crippen molar-refractivity contribution in [2.75, 3.05) is 11.9 Å². The highest BCUT2D eigenvalue weighted by atomic mass is 79.9. The van der Waals surface area contributed by atoms with Crippen LogP contribution in [0.15, 0.2) is 29.0 Å². The zero-order valence-electron chi connectivity index (χ0n) is 9.95. The highest BCUT2D eigenvalue weighted by Gasteiger charge is 2.09. The molecule has 19 heavy (non-hydrogen) atoms. The van der Waals surface area contributed by atoms with Crippen LogP contribution < -0.4 is 10.1 Å². The van der Waals surface area contributed by atoms with Crippen LogP contribution in [0.5, 0.6) is 5.75 Å². The van der Waals surface area contributed by atoms with E-state index < -0.39 is 5.82 Å². The Bertz CT molecular complexity index is 597. The predicted octanol–water partition coefficient (Wildman–Crippen LogP) is 4.17. The number of rotatable bonds is 4. The molecule has 4 nitrogen and oxygen atoms in total. The molecule has 0 saturated heterocycles. The highest BCUT2D eigenvalue weighted by Crippen LogP contribution is 2.29. The largest absolute Gasteiger partial charge is 0.491 e. The molecule has 0 aliphatic rings. The molecule has 0 fully saturated rings. The minimum atomic E-state index is -0.442. The number of anilines is 2. The molecule has 1 aromatic heterocycles. The second-order valence-electron chi connectivity index (χ2n) is 3.53. The maximum atomic E-state index is 13.7. The summed E-state index contributed by atoms with van der Waals surface area (Å²) < 4.78 is 19.3. The average Bonchev–Trinajstić information content (AvgIpc) is 2.38. The van der Waals surface area contributed by atoms with Crippen LogP contribution in [0.4, 0.5) is 15.9 Å². The van der Waals surface area contributed by atoms with Crippen molar-refractivity contribution in [1.29, 1.82) is 0 Å². The standard InChI is InChI=1S/C12H10BrClFN3O/c1-2-19-9-4-3-7(5-8(9)15)18-12-10(13)11(14)16-6-17-12/h3-6H,2H2,1H3,(H,16,17,18). The maximum Gasteiger partial charge on any atom is 0.167 e. The number of nitrogens with zero attached hydrogens (tertiary/aromatic N) is 2. The fraction of sp³-hybridized carbons (Fsp3) is 0.167. The number of benzene rings is 1. The SMILES string of the molecule is CCOc1ccc(Nc2ncnc(Cl)c2Br)cc1F. The first-order valence-corrected chi connectivity index (χ1v) is 6.64. The van der Waals surface area contributed by atoms with Crippen LogP contribution in [0.3, 0.4) is 0 Å². The lowest BCUT2D eigenvalue weighted by atomic mass is 10.3. The monoisotopic (exact) mass is 345 g/mol. The normalized spacial score (nSPS) is 10.3. The molecule has 0 spiro atoms. The molecular weight excluding hydrogens is 337 g/mol. The molecule has 7 heteroatoms. The number of hydrogen-bond donors (Lipinski definition) is 1. The molecule has 2 aromatic rings. The number of halogens is 3. The van der Waals surface area contributed by atoms with Crippen molar-refractivity contribution in [2.24, 2.45) is 0 Å². The van der Waals surface area contributed by atoms with Gasteiger partial charge in [-0.05, 0) is 35.0 Å². The van der Waals surface area contributed by atoms with Crippen LogP contribution in [-0.2, 0) is 0 Å². The fourth-order valence-electron chi connectivity index (χ4n) is 1.42. The van der Waals surface area contributed by atoms with E-state index in [2.05, 4.69) is 31.2 Å². The minimum absolute atomic E-state index is 0.216. The lowest BCUT2D eigenvalue weighted by molar-refractivity contribution is 0.321. The van der Waals surface area contributed by atoms with E-state index in [0.717, 1.165) is 0 Å². The van der Waals surface area contributed by atoms with Gasteiger partial charge in [-0.2, -0.15) is 0 Å². The molecule has 1 N–H and O–H groups in total. The van der Waals surface area contributed by atoms with Crippen LogP contribution in [0.2, 0.25) is 5.15 Å². The lowest BCUT2D eigenvalue weighted by Crippen LogP contribution is -1.99. The van der Waals surface area contributed by atoms with E-state index in [1.807, 2.05) is 0 Å². The Hall–Kier alpha value is -1.40. The van der Waals surface area contributed by atoms with E-state index in [1.165, 1.54) is 12.4 Å². The summed E-state index contributed by atoms with van der Waals surface area (Å²) in [6.07, 6.45) is 1.32. The molecule has 0 aliphatic heterocycles. The smallest absolute Gasteiger partial charge is 0.167 e.